The molecule has 0 aliphatic carbocycles. The fraction of sp³-hybridized carbons (Fsp3) is 0.125. The molecule has 0 radical (unpaired) electrons. The topological polar surface area (TPSA) is 74.8 Å². The van der Waals surface area contributed by atoms with Crippen LogP contribution in [-0.4, -0.2) is 24.8 Å². The average Bonchev–Trinajstić information content (AvgIpc) is 3.36. The van der Waals surface area contributed by atoms with Crippen molar-refractivity contribution in [1.82, 2.24) is 24.8 Å². The lowest BCUT2D eigenvalue weighted by Gasteiger charge is -2.03. The number of nitrogens with zero attached hydrogens (tertiary/aromatic N) is 5. The van der Waals surface area contributed by atoms with Gasteiger partial charge in [-0.1, -0.05) is 35.1 Å². The van der Waals surface area contributed by atoms with Crippen LogP contribution in [0.15, 0.2) is 45.9 Å². The summed E-state index contributed by atoms with van der Waals surface area (Å²) in [4.78, 5) is 17.4. The van der Waals surface area contributed by atoms with Gasteiger partial charge in [0.15, 0.2) is 0 Å². The summed E-state index contributed by atoms with van der Waals surface area (Å²) in [5.74, 6) is 0. The lowest BCUT2D eigenvalue weighted by atomic mass is 10.2. The molecule has 0 unspecified atom stereocenters. The minimum absolute atomic E-state index is 0.295. The van der Waals surface area contributed by atoms with Gasteiger partial charge in [-0.25, -0.2) is 9.78 Å². The van der Waals surface area contributed by atoms with Crippen molar-refractivity contribution in [3.05, 3.63) is 61.5 Å². The fourth-order valence-corrected chi connectivity index (χ4v) is 3.87. The number of ether oxygens (including phenoxy) is 1. The highest BCUT2D eigenvalue weighted by Crippen LogP contribution is 2.29. The highest BCUT2D eigenvalue weighted by atomic mass is 35.5. The number of aryl methyl sites for hydroxylation is 1. The van der Waals surface area contributed by atoms with Gasteiger partial charge in [-0.05, 0) is 34.0 Å². The molecule has 4 rings (SSSR count). The largest absolute Gasteiger partial charge is 0.464 e. The van der Waals surface area contributed by atoms with Crippen LogP contribution in [0.1, 0.15) is 4.88 Å². The summed E-state index contributed by atoms with van der Waals surface area (Å²) in [7, 11) is 1.56. The molecule has 3 aromatic heterocycles. The second-order valence-electron chi connectivity index (χ2n) is 5.32. The predicted molar refractivity (Wildman–Crippen MR) is 101 cm³/mol. The van der Waals surface area contributed by atoms with E-state index in [1.165, 1.54) is 32.0 Å². The maximum atomic E-state index is 12.0. The van der Waals surface area contributed by atoms with Crippen molar-refractivity contribution >= 4 is 34.3 Å². The number of tetrazole rings is 1. The van der Waals surface area contributed by atoms with Gasteiger partial charge in [-0.3, -0.25) is 0 Å². The minimum atomic E-state index is -0.302. The Kier molecular flexibility index (Phi) is 4.58. The second-order valence-corrected chi connectivity index (χ2v) is 7.58. The maximum Gasteiger partial charge on any atom is 0.368 e. The summed E-state index contributed by atoms with van der Waals surface area (Å²) >= 11 is 8.82. The van der Waals surface area contributed by atoms with Gasteiger partial charge in [0.2, 0.25) is 0 Å². The molecule has 0 fully saturated rings. The van der Waals surface area contributed by atoms with Gasteiger partial charge >= 0.3 is 5.69 Å². The van der Waals surface area contributed by atoms with E-state index >= 15 is 0 Å². The Hall–Kier alpha value is -2.49. The SMILES string of the molecule is Cn1nnn(-c2ccsc2COc2nc(-c3ccc(Cl)cc3)cs2)c1=O. The van der Waals surface area contributed by atoms with E-state index in [0.717, 1.165) is 16.1 Å². The average molecular weight is 406 g/mol. The standard InChI is InChI=1S/C16H12ClN5O2S2/c1-21-16(23)22(20-19-21)13-6-7-25-14(13)8-24-15-18-12(9-26-15)10-2-4-11(17)5-3-10/h2-7,9H,8H2,1H3. The Balaban J connectivity index is 1.51. The predicted octanol–water partition coefficient (Wildman–Crippen LogP) is 3.38. The summed E-state index contributed by atoms with van der Waals surface area (Å²) < 4.78 is 8.25. The molecule has 0 spiro atoms. The molecule has 0 N–H and O–H groups in total. The summed E-state index contributed by atoms with van der Waals surface area (Å²) in [5, 5.41) is 12.7. The second kappa shape index (κ2) is 7.02. The van der Waals surface area contributed by atoms with Crippen LogP contribution in [0.4, 0.5) is 0 Å². The monoisotopic (exact) mass is 405 g/mol. The zero-order valence-corrected chi connectivity index (χ0v) is 15.9. The van der Waals surface area contributed by atoms with Gasteiger partial charge < -0.3 is 4.74 Å². The van der Waals surface area contributed by atoms with Crippen LogP contribution in [0.25, 0.3) is 16.9 Å². The molecule has 0 bridgehead atoms. The van der Waals surface area contributed by atoms with E-state index in [4.69, 9.17) is 16.3 Å². The summed E-state index contributed by atoms with van der Waals surface area (Å²) in [6.45, 7) is 0.295. The molecule has 1 aromatic carbocycles. The van der Waals surface area contributed by atoms with Crippen molar-refractivity contribution in [3.63, 3.8) is 0 Å². The quantitative estimate of drug-likeness (QED) is 0.508. The maximum absolute atomic E-state index is 12.0. The Morgan fingerprint density at radius 3 is 2.69 bits per heavy atom. The first-order valence-corrected chi connectivity index (χ1v) is 9.65. The molecule has 132 valence electrons. The summed E-state index contributed by atoms with van der Waals surface area (Å²) in [6.07, 6.45) is 0. The van der Waals surface area contributed by atoms with E-state index in [9.17, 15) is 4.79 Å². The molecular formula is C16H12ClN5O2S2. The van der Waals surface area contributed by atoms with E-state index in [1.807, 2.05) is 41.1 Å². The van der Waals surface area contributed by atoms with Crippen molar-refractivity contribution in [2.24, 2.45) is 7.05 Å². The molecule has 0 atom stereocenters. The number of halogens is 1. The molecule has 0 aliphatic heterocycles. The number of aromatic nitrogens is 5. The number of benzene rings is 1. The number of hydrogen-bond acceptors (Lipinski definition) is 7. The molecule has 0 saturated carbocycles. The molecule has 0 amide bonds. The van der Waals surface area contributed by atoms with Crippen LogP contribution in [0.2, 0.25) is 5.02 Å². The smallest absolute Gasteiger partial charge is 0.368 e. The third-order valence-electron chi connectivity index (χ3n) is 3.62. The fourth-order valence-electron chi connectivity index (χ4n) is 2.30. The van der Waals surface area contributed by atoms with Crippen molar-refractivity contribution < 1.29 is 4.74 Å². The van der Waals surface area contributed by atoms with E-state index < -0.39 is 0 Å². The van der Waals surface area contributed by atoms with Crippen LogP contribution < -0.4 is 10.4 Å². The van der Waals surface area contributed by atoms with E-state index in [0.29, 0.717) is 22.5 Å². The Labute approximate surface area is 161 Å². The summed E-state index contributed by atoms with van der Waals surface area (Å²) in [5.41, 5.74) is 2.17. The van der Waals surface area contributed by atoms with Crippen LogP contribution in [0.5, 0.6) is 5.19 Å². The van der Waals surface area contributed by atoms with Crippen LogP contribution in [-0.2, 0) is 13.7 Å². The molecule has 26 heavy (non-hydrogen) atoms. The third kappa shape index (κ3) is 3.28. The molecular weight excluding hydrogens is 394 g/mol. The van der Waals surface area contributed by atoms with Crippen molar-refractivity contribution in [2.75, 3.05) is 0 Å². The first-order valence-electron chi connectivity index (χ1n) is 7.52. The number of thiazole rings is 1. The molecule has 3 heterocycles. The zero-order valence-electron chi connectivity index (χ0n) is 13.5. The zero-order chi connectivity index (χ0) is 18.1. The van der Waals surface area contributed by atoms with Gasteiger partial charge in [-0.2, -0.15) is 9.36 Å². The molecule has 0 aliphatic rings. The number of hydrogen-bond donors (Lipinski definition) is 0. The van der Waals surface area contributed by atoms with Gasteiger partial charge in [0.25, 0.3) is 5.19 Å². The van der Waals surface area contributed by atoms with E-state index in [-0.39, 0.29) is 5.69 Å². The number of rotatable bonds is 5. The molecule has 7 nitrogen and oxygen atoms in total. The Morgan fingerprint density at radius 2 is 1.96 bits per heavy atom. The Bertz CT molecular complexity index is 1100. The van der Waals surface area contributed by atoms with Crippen LogP contribution >= 0.6 is 34.3 Å². The lowest BCUT2D eigenvalue weighted by molar-refractivity contribution is 0.308. The van der Waals surface area contributed by atoms with Gasteiger partial charge in [0.05, 0.1) is 16.3 Å². The molecule has 10 heteroatoms. The van der Waals surface area contributed by atoms with Crippen molar-refractivity contribution in [2.45, 2.75) is 6.61 Å². The normalized spacial score (nSPS) is 11.0. The molecule has 4 aromatic rings. The molecule has 0 saturated heterocycles. The first-order chi connectivity index (χ1) is 12.6. The van der Waals surface area contributed by atoms with Gasteiger partial charge in [0, 0.05) is 23.0 Å². The summed E-state index contributed by atoms with van der Waals surface area (Å²) in [6, 6.07) is 9.30. The minimum Gasteiger partial charge on any atom is -0.464 e. The van der Waals surface area contributed by atoms with Crippen molar-refractivity contribution in [1.29, 1.82) is 0 Å². The van der Waals surface area contributed by atoms with Gasteiger partial charge in [0.1, 0.15) is 6.61 Å². The lowest BCUT2D eigenvalue weighted by Crippen LogP contribution is -2.22. The highest BCUT2D eigenvalue weighted by Gasteiger charge is 2.14. The highest BCUT2D eigenvalue weighted by molar-refractivity contribution is 7.11. The first kappa shape index (κ1) is 17.0. The van der Waals surface area contributed by atoms with Crippen LogP contribution in [0, 0.1) is 0 Å². The third-order valence-corrected chi connectivity index (χ3v) is 5.51. The Morgan fingerprint density at radius 1 is 1.15 bits per heavy atom. The van der Waals surface area contributed by atoms with E-state index in [1.54, 1.807) is 7.05 Å². The number of thiophene rings is 1. The van der Waals surface area contributed by atoms with Crippen molar-refractivity contribution in [3.8, 4) is 22.1 Å². The van der Waals surface area contributed by atoms with E-state index in [2.05, 4.69) is 15.4 Å². The van der Waals surface area contributed by atoms with Gasteiger partial charge in [-0.15, -0.1) is 11.3 Å². The van der Waals surface area contributed by atoms with Crippen LogP contribution in [0.3, 0.4) is 0 Å².